The number of nitrogens with zero attached hydrogens (tertiary/aromatic N) is 1. The third-order valence-electron chi connectivity index (χ3n) is 2.97. The first-order valence-corrected chi connectivity index (χ1v) is 5.85. The zero-order chi connectivity index (χ0) is 14.6. The first kappa shape index (κ1) is 15.5. The van der Waals surface area contributed by atoms with Crippen LogP contribution in [0, 0.1) is 18.3 Å². The van der Waals surface area contributed by atoms with E-state index in [1.807, 2.05) is 31.2 Å². The molecule has 0 aliphatic rings. The summed E-state index contributed by atoms with van der Waals surface area (Å²) in [5.41, 5.74) is 7.03. The molecule has 3 N–H and O–H groups in total. The third kappa shape index (κ3) is 4.55. The van der Waals surface area contributed by atoms with Crippen LogP contribution in [-0.4, -0.2) is 30.5 Å². The van der Waals surface area contributed by atoms with Gasteiger partial charge in [-0.15, -0.1) is 0 Å². The summed E-state index contributed by atoms with van der Waals surface area (Å²) in [4.78, 5) is 1.53. The van der Waals surface area contributed by atoms with Gasteiger partial charge in [0.15, 0.2) is 0 Å². The van der Waals surface area contributed by atoms with E-state index in [0.29, 0.717) is 6.54 Å². The number of halogens is 3. The summed E-state index contributed by atoms with van der Waals surface area (Å²) in [6.45, 7) is 2.00. The molecule has 0 radical (unpaired) electrons. The van der Waals surface area contributed by atoms with Crippen LogP contribution in [0.4, 0.5) is 13.2 Å². The van der Waals surface area contributed by atoms with Crippen molar-refractivity contribution < 1.29 is 13.2 Å². The number of nitrogens with two attached hydrogens (primary N) is 1. The SMILES string of the molecule is Cc1ccccc1CN(C)CC(C(=N)N)C(F)(F)F. The highest BCUT2D eigenvalue weighted by Crippen LogP contribution is 2.27. The molecule has 6 heteroatoms. The van der Waals surface area contributed by atoms with Crippen molar-refractivity contribution in [3.05, 3.63) is 35.4 Å². The van der Waals surface area contributed by atoms with Gasteiger partial charge >= 0.3 is 6.18 Å². The van der Waals surface area contributed by atoms with E-state index in [1.165, 1.54) is 4.90 Å². The largest absolute Gasteiger partial charge is 0.399 e. The van der Waals surface area contributed by atoms with Gasteiger partial charge in [-0.3, -0.25) is 5.41 Å². The molecule has 0 aliphatic heterocycles. The molecular formula is C13H18F3N3. The van der Waals surface area contributed by atoms with Crippen molar-refractivity contribution in [3.8, 4) is 0 Å². The molecule has 0 aromatic heterocycles. The molecule has 3 nitrogen and oxygen atoms in total. The highest BCUT2D eigenvalue weighted by molar-refractivity contribution is 5.80. The Morgan fingerprint density at radius 2 is 1.95 bits per heavy atom. The van der Waals surface area contributed by atoms with Gasteiger partial charge < -0.3 is 10.6 Å². The average Bonchev–Trinajstić information content (AvgIpc) is 2.27. The molecule has 0 amide bonds. The molecule has 1 atom stereocenters. The van der Waals surface area contributed by atoms with E-state index in [4.69, 9.17) is 11.1 Å². The Hall–Kier alpha value is -1.56. The molecular weight excluding hydrogens is 255 g/mol. The van der Waals surface area contributed by atoms with Gasteiger partial charge in [0.1, 0.15) is 11.8 Å². The molecule has 1 unspecified atom stereocenters. The molecule has 0 bridgehead atoms. The lowest BCUT2D eigenvalue weighted by molar-refractivity contribution is -0.159. The molecule has 0 saturated carbocycles. The van der Waals surface area contributed by atoms with Crippen molar-refractivity contribution >= 4 is 5.84 Å². The highest BCUT2D eigenvalue weighted by atomic mass is 19.4. The molecule has 19 heavy (non-hydrogen) atoms. The van der Waals surface area contributed by atoms with Crippen molar-refractivity contribution in [2.24, 2.45) is 11.7 Å². The molecule has 0 fully saturated rings. The zero-order valence-corrected chi connectivity index (χ0v) is 11.0. The second-order valence-electron chi connectivity index (χ2n) is 4.67. The normalized spacial score (nSPS) is 13.6. The minimum Gasteiger partial charge on any atom is -0.387 e. The van der Waals surface area contributed by atoms with Crippen LogP contribution < -0.4 is 5.73 Å². The lowest BCUT2D eigenvalue weighted by Crippen LogP contribution is -2.42. The topological polar surface area (TPSA) is 53.1 Å². The number of aryl methyl sites for hydroxylation is 1. The van der Waals surface area contributed by atoms with Gasteiger partial charge in [0, 0.05) is 13.1 Å². The number of benzene rings is 1. The molecule has 1 aromatic carbocycles. The number of hydrogen-bond donors (Lipinski definition) is 2. The van der Waals surface area contributed by atoms with E-state index in [9.17, 15) is 13.2 Å². The fourth-order valence-electron chi connectivity index (χ4n) is 1.83. The average molecular weight is 273 g/mol. The van der Waals surface area contributed by atoms with Gasteiger partial charge in [0.2, 0.25) is 0 Å². The molecule has 0 spiro atoms. The van der Waals surface area contributed by atoms with E-state index >= 15 is 0 Å². The Morgan fingerprint density at radius 3 is 2.42 bits per heavy atom. The van der Waals surface area contributed by atoms with Crippen molar-refractivity contribution in [3.63, 3.8) is 0 Å². The molecule has 0 aliphatic carbocycles. The van der Waals surface area contributed by atoms with Gasteiger partial charge in [-0.25, -0.2) is 0 Å². The van der Waals surface area contributed by atoms with E-state index < -0.39 is 17.9 Å². The van der Waals surface area contributed by atoms with Crippen molar-refractivity contribution in [1.82, 2.24) is 4.90 Å². The van der Waals surface area contributed by atoms with Crippen molar-refractivity contribution in [2.75, 3.05) is 13.6 Å². The standard InChI is InChI=1S/C13H18F3N3/c1-9-5-3-4-6-10(9)7-19(2)8-11(12(17)18)13(14,15)16/h3-6,11H,7-8H2,1-2H3,(H3,17,18). The number of amidine groups is 1. The van der Waals surface area contributed by atoms with Crippen LogP contribution in [0.25, 0.3) is 0 Å². The van der Waals surface area contributed by atoms with Gasteiger partial charge in [-0.1, -0.05) is 24.3 Å². The summed E-state index contributed by atoms with van der Waals surface area (Å²) >= 11 is 0. The molecule has 0 heterocycles. The van der Waals surface area contributed by atoms with Gasteiger partial charge in [0.05, 0.1) is 0 Å². The summed E-state index contributed by atoms with van der Waals surface area (Å²) in [7, 11) is 1.59. The fourth-order valence-corrected chi connectivity index (χ4v) is 1.83. The zero-order valence-electron chi connectivity index (χ0n) is 11.0. The highest BCUT2D eigenvalue weighted by Gasteiger charge is 2.42. The van der Waals surface area contributed by atoms with Crippen molar-refractivity contribution in [2.45, 2.75) is 19.6 Å². The van der Waals surface area contributed by atoms with Crippen LogP contribution in [0.5, 0.6) is 0 Å². The summed E-state index contributed by atoms with van der Waals surface area (Å²) < 4.78 is 38.1. The van der Waals surface area contributed by atoms with Crippen LogP contribution in [0.1, 0.15) is 11.1 Å². The minimum absolute atomic E-state index is 0.312. The Bertz CT molecular complexity index is 443. The van der Waals surface area contributed by atoms with Gasteiger partial charge in [-0.2, -0.15) is 13.2 Å². The fraction of sp³-hybridized carbons (Fsp3) is 0.462. The monoisotopic (exact) mass is 273 g/mol. The van der Waals surface area contributed by atoms with E-state index in [2.05, 4.69) is 0 Å². The molecule has 1 aromatic rings. The third-order valence-corrected chi connectivity index (χ3v) is 2.97. The second kappa shape index (κ2) is 6.06. The molecule has 106 valence electrons. The number of rotatable bonds is 5. The predicted molar refractivity (Wildman–Crippen MR) is 69.0 cm³/mol. The van der Waals surface area contributed by atoms with Crippen LogP contribution in [-0.2, 0) is 6.54 Å². The van der Waals surface area contributed by atoms with Gasteiger partial charge in [0.25, 0.3) is 0 Å². The number of hydrogen-bond acceptors (Lipinski definition) is 2. The number of alkyl halides is 3. The maximum Gasteiger partial charge on any atom is 0.399 e. The maximum atomic E-state index is 12.7. The predicted octanol–water partition coefficient (Wildman–Crippen LogP) is 2.54. The van der Waals surface area contributed by atoms with Crippen LogP contribution >= 0.6 is 0 Å². The maximum absolute atomic E-state index is 12.7. The number of nitrogens with one attached hydrogen (secondary N) is 1. The smallest absolute Gasteiger partial charge is 0.387 e. The summed E-state index contributed by atoms with van der Waals surface area (Å²) in [5, 5.41) is 7.05. The Labute approximate surface area is 110 Å². The second-order valence-corrected chi connectivity index (χ2v) is 4.67. The first-order chi connectivity index (χ1) is 8.71. The van der Waals surface area contributed by atoms with Crippen LogP contribution in [0.3, 0.4) is 0 Å². The van der Waals surface area contributed by atoms with Crippen LogP contribution in [0.2, 0.25) is 0 Å². The quantitative estimate of drug-likeness (QED) is 0.640. The van der Waals surface area contributed by atoms with Crippen LogP contribution in [0.15, 0.2) is 24.3 Å². The van der Waals surface area contributed by atoms with Gasteiger partial charge in [-0.05, 0) is 25.1 Å². The summed E-state index contributed by atoms with van der Waals surface area (Å²) in [5.74, 6) is -2.76. The Balaban J connectivity index is 2.71. The minimum atomic E-state index is -4.48. The lowest BCUT2D eigenvalue weighted by atomic mass is 10.1. The first-order valence-electron chi connectivity index (χ1n) is 5.85. The summed E-state index contributed by atoms with van der Waals surface area (Å²) in [6.07, 6.45) is -4.48. The van der Waals surface area contributed by atoms with Crippen molar-refractivity contribution in [1.29, 1.82) is 5.41 Å². The molecule has 1 rings (SSSR count). The van der Waals surface area contributed by atoms with E-state index in [0.717, 1.165) is 11.1 Å². The summed E-state index contributed by atoms with van der Waals surface area (Å²) in [6, 6.07) is 7.52. The van der Waals surface area contributed by atoms with E-state index in [1.54, 1.807) is 7.05 Å². The molecule has 0 saturated heterocycles. The lowest BCUT2D eigenvalue weighted by Gasteiger charge is -2.25. The Morgan fingerprint density at radius 1 is 1.37 bits per heavy atom. The van der Waals surface area contributed by atoms with E-state index in [-0.39, 0.29) is 6.54 Å². The Kier molecular flexibility index (Phi) is 4.94.